The van der Waals surface area contributed by atoms with Crippen LogP contribution in [0.2, 0.25) is 0 Å². The van der Waals surface area contributed by atoms with Crippen LogP contribution >= 0.6 is 0 Å². The highest BCUT2D eigenvalue weighted by Gasteiger charge is 2.27. The Kier molecular flexibility index (Phi) is 3.60. The number of nitro groups is 2. The smallest absolute Gasteiger partial charge is 0.301 e. The van der Waals surface area contributed by atoms with E-state index < -0.39 is 21.2 Å². The molecule has 0 bridgehead atoms. The zero-order chi connectivity index (χ0) is 17.4. The van der Waals surface area contributed by atoms with Crippen LogP contribution in [0.1, 0.15) is 5.69 Å². The molecule has 0 aliphatic carbocycles. The number of hydrogen-bond donors (Lipinski definition) is 0. The third-order valence-corrected chi connectivity index (χ3v) is 3.85. The number of benzene rings is 1. The number of anilines is 2. The van der Waals surface area contributed by atoms with Crippen molar-refractivity contribution in [3.8, 4) is 0 Å². The maximum atomic E-state index is 11.2. The average molecular weight is 327 g/mol. The van der Waals surface area contributed by atoms with Gasteiger partial charge in [-0.15, -0.1) is 0 Å². The van der Waals surface area contributed by atoms with Gasteiger partial charge in [-0.2, -0.15) is 0 Å². The molecule has 0 atom stereocenters. The van der Waals surface area contributed by atoms with Crippen LogP contribution in [0.4, 0.5) is 22.7 Å². The van der Waals surface area contributed by atoms with E-state index in [0.29, 0.717) is 5.82 Å². The lowest BCUT2D eigenvalue weighted by atomic mass is 10.2. The van der Waals surface area contributed by atoms with Crippen molar-refractivity contribution in [1.82, 2.24) is 4.98 Å². The number of pyridine rings is 1. The van der Waals surface area contributed by atoms with E-state index in [-0.39, 0.29) is 5.69 Å². The first-order valence-corrected chi connectivity index (χ1v) is 6.97. The van der Waals surface area contributed by atoms with Gasteiger partial charge in [0.15, 0.2) is 0 Å². The van der Waals surface area contributed by atoms with E-state index in [1.54, 1.807) is 6.08 Å². The second kappa shape index (κ2) is 5.61. The molecule has 2 aromatic rings. The number of rotatable bonds is 3. The molecule has 0 saturated carbocycles. The average Bonchev–Trinajstić information content (AvgIpc) is 2.80. The van der Waals surface area contributed by atoms with Crippen LogP contribution in [0.25, 0.3) is 6.08 Å². The van der Waals surface area contributed by atoms with Crippen molar-refractivity contribution < 1.29 is 9.85 Å². The van der Waals surface area contributed by atoms with Gasteiger partial charge in [0, 0.05) is 20.2 Å². The second-order valence-corrected chi connectivity index (χ2v) is 5.22. The number of fused-ring (bicyclic) bond motifs is 1. The molecular formula is C15H13N5O4. The molecule has 0 N–H and O–H groups in total. The molecule has 1 aliphatic rings. The van der Waals surface area contributed by atoms with Gasteiger partial charge >= 0.3 is 5.69 Å². The van der Waals surface area contributed by atoms with Crippen molar-refractivity contribution in [3.05, 3.63) is 68.3 Å². The molecule has 0 radical (unpaired) electrons. The van der Waals surface area contributed by atoms with Crippen LogP contribution in [-0.2, 0) is 0 Å². The van der Waals surface area contributed by atoms with E-state index in [2.05, 4.69) is 4.98 Å². The minimum Gasteiger partial charge on any atom is -0.329 e. The number of nitrogens with zero attached hydrogens (tertiary/aromatic N) is 5. The Balaban J connectivity index is 2.10. The maximum Gasteiger partial charge on any atom is 0.301 e. The van der Waals surface area contributed by atoms with Gasteiger partial charge in [-0.3, -0.25) is 20.2 Å². The molecule has 2 heterocycles. The molecule has 0 fully saturated rings. The van der Waals surface area contributed by atoms with Crippen molar-refractivity contribution in [2.75, 3.05) is 23.9 Å². The van der Waals surface area contributed by atoms with Crippen LogP contribution in [0.15, 0.2) is 42.3 Å². The van der Waals surface area contributed by atoms with Crippen molar-refractivity contribution in [2.45, 2.75) is 0 Å². The highest BCUT2D eigenvalue weighted by Crippen LogP contribution is 2.40. The Labute approximate surface area is 136 Å². The summed E-state index contributed by atoms with van der Waals surface area (Å²) in [5, 5.41) is 22.0. The SMILES string of the molecule is CN1C(=Cc2ncc([N+](=O)[O-])cc2[N+](=O)[O-])N(C)c2ccccc21. The number of aromatic nitrogens is 1. The second-order valence-electron chi connectivity index (χ2n) is 5.22. The molecule has 9 nitrogen and oxygen atoms in total. The summed E-state index contributed by atoms with van der Waals surface area (Å²) in [6.45, 7) is 0. The Hall–Kier alpha value is -3.49. The first-order chi connectivity index (χ1) is 11.4. The summed E-state index contributed by atoms with van der Waals surface area (Å²) in [6.07, 6.45) is 2.56. The first kappa shape index (κ1) is 15.4. The third-order valence-electron chi connectivity index (χ3n) is 3.85. The molecule has 0 amide bonds. The number of para-hydroxylation sites is 2. The summed E-state index contributed by atoms with van der Waals surface area (Å²) in [5.41, 5.74) is 1.15. The van der Waals surface area contributed by atoms with Crippen LogP contribution in [0.3, 0.4) is 0 Å². The summed E-state index contributed by atoms with van der Waals surface area (Å²) in [7, 11) is 3.68. The predicted molar refractivity (Wildman–Crippen MR) is 88.8 cm³/mol. The molecule has 3 rings (SSSR count). The maximum absolute atomic E-state index is 11.2. The molecule has 9 heteroatoms. The van der Waals surface area contributed by atoms with Crippen molar-refractivity contribution in [1.29, 1.82) is 0 Å². The largest absolute Gasteiger partial charge is 0.329 e. The fourth-order valence-corrected chi connectivity index (χ4v) is 2.63. The summed E-state index contributed by atoms with van der Waals surface area (Å²) < 4.78 is 0. The van der Waals surface area contributed by atoms with E-state index >= 15 is 0 Å². The lowest BCUT2D eigenvalue weighted by Crippen LogP contribution is -2.21. The molecule has 1 aliphatic heterocycles. The molecular weight excluding hydrogens is 314 g/mol. The van der Waals surface area contributed by atoms with Gasteiger partial charge in [0.2, 0.25) is 0 Å². The van der Waals surface area contributed by atoms with Gasteiger partial charge in [-0.05, 0) is 12.1 Å². The minimum absolute atomic E-state index is 0.0621. The molecule has 0 spiro atoms. The summed E-state index contributed by atoms with van der Waals surface area (Å²) >= 11 is 0. The van der Waals surface area contributed by atoms with Gasteiger partial charge in [-0.25, -0.2) is 4.98 Å². The molecule has 0 unspecified atom stereocenters. The van der Waals surface area contributed by atoms with Crippen molar-refractivity contribution in [2.24, 2.45) is 0 Å². The third kappa shape index (κ3) is 2.41. The lowest BCUT2D eigenvalue weighted by Gasteiger charge is -2.18. The molecule has 0 saturated heterocycles. The fraction of sp³-hybridized carbons (Fsp3) is 0.133. The zero-order valence-corrected chi connectivity index (χ0v) is 12.9. The normalized spacial score (nSPS) is 13.0. The van der Waals surface area contributed by atoms with E-state index in [1.807, 2.05) is 48.2 Å². The quantitative estimate of drug-likeness (QED) is 0.630. The van der Waals surface area contributed by atoms with Crippen molar-refractivity contribution in [3.63, 3.8) is 0 Å². The van der Waals surface area contributed by atoms with Crippen LogP contribution in [0, 0.1) is 20.2 Å². The van der Waals surface area contributed by atoms with Crippen LogP contribution in [-0.4, -0.2) is 28.9 Å². The predicted octanol–water partition coefficient (Wildman–Crippen LogP) is 2.78. The van der Waals surface area contributed by atoms with E-state index in [1.165, 1.54) is 0 Å². The standard InChI is InChI=1S/C15H13N5O4/c1-17-12-5-3-4-6-13(12)18(2)15(17)8-11-14(20(23)24)7-10(9-16-11)19(21)22/h3-9H,1-2H3. The van der Waals surface area contributed by atoms with Gasteiger partial charge in [0.05, 0.1) is 27.3 Å². The van der Waals surface area contributed by atoms with E-state index in [4.69, 9.17) is 0 Å². The summed E-state index contributed by atoms with van der Waals surface area (Å²) in [6, 6.07) is 8.59. The zero-order valence-electron chi connectivity index (χ0n) is 12.9. The molecule has 1 aromatic carbocycles. The van der Waals surface area contributed by atoms with Gasteiger partial charge < -0.3 is 9.80 Å². The Morgan fingerprint density at radius 2 is 1.62 bits per heavy atom. The van der Waals surface area contributed by atoms with Gasteiger partial charge in [-0.1, -0.05) is 12.1 Å². The molecule has 1 aromatic heterocycles. The highest BCUT2D eigenvalue weighted by atomic mass is 16.6. The Morgan fingerprint density at radius 3 is 2.12 bits per heavy atom. The summed E-state index contributed by atoms with van der Waals surface area (Å²) in [5.74, 6) is 0.681. The Bertz CT molecular complexity index is 849. The number of hydrogen-bond acceptors (Lipinski definition) is 7. The van der Waals surface area contributed by atoms with Gasteiger partial charge in [0.25, 0.3) is 5.69 Å². The fourth-order valence-electron chi connectivity index (χ4n) is 2.63. The van der Waals surface area contributed by atoms with Gasteiger partial charge in [0.1, 0.15) is 17.7 Å². The van der Waals surface area contributed by atoms with E-state index in [0.717, 1.165) is 23.6 Å². The first-order valence-electron chi connectivity index (χ1n) is 6.97. The van der Waals surface area contributed by atoms with Crippen LogP contribution in [0.5, 0.6) is 0 Å². The molecule has 122 valence electrons. The molecule has 24 heavy (non-hydrogen) atoms. The minimum atomic E-state index is -0.708. The lowest BCUT2D eigenvalue weighted by molar-refractivity contribution is -0.394. The monoisotopic (exact) mass is 327 g/mol. The topological polar surface area (TPSA) is 106 Å². The van der Waals surface area contributed by atoms with E-state index in [9.17, 15) is 20.2 Å². The highest BCUT2D eigenvalue weighted by molar-refractivity contribution is 5.85. The Morgan fingerprint density at radius 1 is 1.04 bits per heavy atom. The summed E-state index contributed by atoms with van der Waals surface area (Å²) in [4.78, 5) is 28.3. The van der Waals surface area contributed by atoms with Crippen LogP contribution < -0.4 is 9.80 Å². The van der Waals surface area contributed by atoms with Crippen molar-refractivity contribution >= 4 is 28.8 Å².